The lowest BCUT2D eigenvalue weighted by Gasteiger charge is -2.32. The number of likely N-dealkylation sites (tertiary alicyclic amines) is 1. The maximum Gasteiger partial charge on any atom is 0.137 e. The number of hydrogen-bond donors (Lipinski definition) is 1. The summed E-state index contributed by atoms with van der Waals surface area (Å²) in [4.78, 5) is 2.55. The Labute approximate surface area is 137 Å². The summed E-state index contributed by atoms with van der Waals surface area (Å²) in [6.07, 6.45) is 9.37. The van der Waals surface area contributed by atoms with E-state index in [0.29, 0.717) is 5.92 Å². The van der Waals surface area contributed by atoms with E-state index in [4.69, 9.17) is 0 Å². The molecule has 124 valence electrons. The molecule has 0 amide bonds. The van der Waals surface area contributed by atoms with E-state index in [0.717, 1.165) is 26.1 Å². The van der Waals surface area contributed by atoms with E-state index in [-0.39, 0.29) is 0 Å². The third kappa shape index (κ3) is 3.04. The molecule has 2 aliphatic heterocycles. The minimum atomic E-state index is 0.523. The second-order valence-corrected chi connectivity index (χ2v) is 7.03. The molecule has 0 aliphatic carbocycles. The van der Waals surface area contributed by atoms with Gasteiger partial charge in [-0.2, -0.15) is 5.10 Å². The van der Waals surface area contributed by atoms with Crippen molar-refractivity contribution in [2.75, 3.05) is 13.1 Å². The van der Waals surface area contributed by atoms with Gasteiger partial charge in [0.2, 0.25) is 0 Å². The van der Waals surface area contributed by atoms with Gasteiger partial charge in [0, 0.05) is 43.2 Å². The van der Waals surface area contributed by atoms with Gasteiger partial charge in [-0.15, -0.1) is 10.2 Å². The highest BCUT2D eigenvalue weighted by Crippen LogP contribution is 2.28. The number of aromatic nitrogens is 5. The molecule has 2 aliphatic rings. The van der Waals surface area contributed by atoms with Gasteiger partial charge in [0.25, 0.3) is 0 Å². The Morgan fingerprint density at radius 3 is 3.00 bits per heavy atom. The molecular formula is C17H26N6. The van der Waals surface area contributed by atoms with Crippen LogP contribution in [0.25, 0.3) is 0 Å². The van der Waals surface area contributed by atoms with Crippen LogP contribution in [0.1, 0.15) is 60.9 Å². The maximum atomic E-state index is 4.58. The smallest absolute Gasteiger partial charge is 0.137 e. The molecule has 1 N–H and O–H groups in total. The maximum absolute atomic E-state index is 4.58. The Hall–Kier alpha value is -1.69. The van der Waals surface area contributed by atoms with Crippen LogP contribution in [0.3, 0.4) is 0 Å². The number of aromatic amines is 1. The van der Waals surface area contributed by atoms with Gasteiger partial charge in [-0.05, 0) is 39.2 Å². The fraction of sp³-hybridized carbons (Fsp3) is 0.706. The van der Waals surface area contributed by atoms with Gasteiger partial charge in [-0.1, -0.05) is 6.42 Å². The molecule has 2 aromatic rings. The largest absolute Gasteiger partial charge is 0.315 e. The van der Waals surface area contributed by atoms with Gasteiger partial charge in [0.1, 0.15) is 11.6 Å². The summed E-state index contributed by atoms with van der Waals surface area (Å²) >= 11 is 0. The van der Waals surface area contributed by atoms with Crippen molar-refractivity contribution >= 4 is 0 Å². The number of rotatable bonds is 3. The number of piperidine rings is 1. The third-order valence-electron chi connectivity index (χ3n) is 5.34. The normalized spacial score (nSPS) is 22.7. The first-order valence-corrected chi connectivity index (χ1v) is 8.94. The lowest BCUT2D eigenvalue weighted by atomic mass is 9.96. The fourth-order valence-electron chi connectivity index (χ4n) is 4.00. The van der Waals surface area contributed by atoms with Crippen LogP contribution in [0.2, 0.25) is 0 Å². The molecule has 4 heterocycles. The molecule has 6 heteroatoms. The highest BCUT2D eigenvalue weighted by atomic mass is 15.3. The van der Waals surface area contributed by atoms with E-state index in [1.807, 2.05) is 6.20 Å². The molecule has 4 rings (SSSR count). The Morgan fingerprint density at radius 1 is 1.17 bits per heavy atom. The molecule has 1 saturated heterocycles. The Morgan fingerprint density at radius 2 is 2.13 bits per heavy atom. The lowest BCUT2D eigenvalue weighted by Crippen LogP contribution is -2.35. The SMILES string of the molecule is Cc1[nH]ncc1CN1CCCC(c2nnc3n2CCCCC3)C1. The molecule has 1 atom stereocenters. The first kappa shape index (κ1) is 14.9. The molecule has 0 bridgehead atoms. The molecule has 23 heavy (non-hydrogen) atoms. The Balaban J connectivity index is 1.49. The van der Waals surface area contributed by atoms with Crippen LogP contribution >= 0.6 is 0 Å². The predicted octanol–water partition coefficient (Wildman–Crippen LogP) is 2.42. The van der Waals surface area contributed by atoms with E-state index in [2.05, 4.69) is 36.8 Å². The average molecular weight is 314 g/mol. The van der Waals surface area contributed by atoms with Crippen molar-refractivity contribution in [1.29, 1.82) is 0 Å². The Kier molecular flexibility index (Phi) is 4.16. The summed E-state index contributed by atoms with van der Waals surface area (Å²) in [5.74, 6) is 2.96. The van der Waals surface area contributed by atoms with E-state index in [9.17, 15) is 0 Å². The van der Waals surface area contributed by atoms with Crippen molar-refractivity contribution in [3.8, 4) is 0 Å². The monoisotopic (exact) mass is 314 g/mol. The van der Waals surface area contributed by atoms with Crippen molar-refractivity contribution in [2.45, 2.75) is 64.5 Å². The number of fused-ring (bicyclic) bond motifs is 1. The zero-order valence-corrected chi connectivity index (χ0v) is 14.0. The van der Waals surface area contributed by atoms with Gasteiger partial charge in [-0.3, -0.25) is 10.00 Å². The van der Waals surface area contributed by atoms with Gasteiger partial charge in [0.15, 0.2) is 0 Å². The summed E-state index contributed by atoms with van der Waals surface area (Å²) in [7, 11) is 0. The molecule has 0 aromatic carbocycles. The molecule has 0 spiro atoms. The van der Waals surface area contributed by atoms with Crippen LogP contribution in [-0.4, -0.2) is 43.0 Å². The van der Waals surface area contributed by atoms with Crippen LogP contribution in [0.5, 0.6) is 0 Å². The van der Waals surface area contributed by atoms with Crippen molar-refractivity contribution in [1.82, 2.24) is 29.9 Å². The minimum absolute atomic E-state index is 0.523. The first-order valence-electron chi connectivity index (χ1n) is 8.94. The summed E-state index contributed by atoms with van der Waals surface area (Å²) in [5.41, 5.74) is 2.49. The van der Waals surface area contributed by atoms with Crippen molar-refractivity contribution < 1.29 is 0 Å². The second-order valence-electron chi connectivity index (χ2n) is 7.03. The number of nitrogens with zero attached hydrogens (tertiary/aromatic N) is 5. The van der Waals surface area contributed by atoms with Crippen LogP contribution < -0.4 is 0 Å². The molecular weight excluding hydrogens is 288 g/mol. The molecule has 0 radical (unpaired) electrons. The number of aryl methyl sites for hydroxylation is 2. The molecule has 2 aromatic heterocycles. The quantitative estimate of drug-likeness (QED) is 0.945. The zero-order chi connectivity index (χ0) is 15.6. The number of H-pyrrole nitrogens is 1. The van der Waals surface area contributed by atoms with Crippen LogP contribution in [-0.2, 0) is 19.5 Å². The topological polar surface area (TPSA) is 62.6 Å². The Bertz CT molecular complexity index is 658. The highest BCUT2D eigenvalue weighted by molar-refractivity contribution is 5.14. The number of nitrogens with one attached hydrogen (secondary N) is 1. The number of hydrogen-bond acceptors (Lipinski definition) is 4. The lowest BCUT2D eigenvalue weighted by molar-refractivity contribution is 0.194. The van der Waals surface area contributed by atoms with Crippen LogP contribution in [0.15, 0.2) is 6.20 Å². The first-order chi connectivity index (χ1) is 11.3. The molecule has 0 saturated carbocycles. The summed E-state index contributed by atoms with van der Waals surface area (Å²) < 4.78 is 2.42. The summed E-state index contributed by atoms with van der Waals surface area (Å²) in [6.45, 7) is 6.45. The van der Waals surface area contributed by atoms with E-state index in [1.54, 1.807) is 0 Å². The van der Waals surface area contributed by atoms with Crippen LogP contribution in [0, 0.1) is 6.92 Å². The van der Waals surface area contributed by atoms with Gasteiger partial charge in [0.05, 0.1) is 6.20 Å². The van der Waals surface area contributed by atoms with E-state index < -0.39 is 0 Å². The van der Waals surface area contributed by atoms with E-state index >= 15 is 0 Å². The molecule has 1 unspecified atom stereocenters. The van der Waals surface area contributed by atoms with Crippen molar-refractivity contribution in [2.24, 2.45) is 0 Å². The molecule has 6 nitrogen and oxygen atoms in total. The zero-order valence-electron chi connectivity index (χ0n) is 14.0. The third-order valence-corrected chi connectivity index (χ3v) is 5.34. The van der Waals surface area contributed by atoms with Gasteiger partial charge >= 0.3 is 0 Å². The van der Waals surface area contributed by atoms with Gasteiger partial charge < -0.3 is 4.57 Å². The predicted molar refractivity (Wildman–Crippen MR) is 88.2 cm³/mol. The highest BCUT2D eigenvalue weighted by Gasteiger charge is 2.27. The summed E-state index contributed by atoms with van der Waals surface area (Å²) in [5, 5.41) is 16.3. The summed E-state index contributed by atoms with van der Waals surface area (Å²) in [6, 6.07) is 0. The molecule has 1 fully saturated rings. The van der Waals surface area contributed by atoms with Crippen molar-refractivity contribution in [3.63, 3.8) is 0 Å². The minimum Gasteiger partial charge on any atom is -0.315 e. The van der Waals surface area contributed by atoms with Gasteiger partial charge in [-0.25, -0.2) is 0 Å². The average Bonchev–Trinajstić information content (AvgIpc) is 3.07. The van der Waals surface area contributed by atoms with Crippen molar-refractivity contribution in [3.05, 3.63) is 29.1 Å². The fourth-order valence-corrected chi connectivity index (χ4v) is 4.00. The standard InChI is InChI=1S/C17H26N6/c1-13-15(10-18-19-13)12-22-8-5-6-14(11-22)17-21-20-16-7-3-2-4-9-23(16)17/h10,14H,2-9,11-12H2,1H3,(H,18,19). The second kappa shape index (κ2) is 6.43. The van der Waals surface area contributed by atoms with E-state index in [1.165, 1.54) is 61.6 Å². The van der Waals surface area contributed by atoms with Crippen LogP contribution in [0.4, 0.5) is 0 Å².